The van der Waals surface area contributed by atoms with E-state index in [-0.39, 0.29) is 11.9 Å². The van der Waals surface area contributed by atoms with Crippen molar-refractivity contribution in [2.24, 2.45) is 5.92 Å². The van der Waals surface area contributed by atoms with Crippen molar-refractivity contribution in [2.45, 2.75) is 6.92 Å². The molecule has 1 atom stereocenters. The Morgan fingerprint density at radius 1 is 1.39 bits per heavy atom. The molecule has 1 aliphatic heterocycles. The summed E-state index contributed by atoms with van der Waals surface area (Å²) in [5.41, 5.74) is 2.36. The van der Waals surface area contributed by atoms with Crippen LogP contribution in [0.2, 0.25) is 0 Å². The molecule has 2 rings (SSSR count). The molecule has 18 heavy (non-hydrogen) atoms. The number of carbonyl (C=O) groups excluding carboxylic acids is 1. The first-order chi connectivity index (χ1) is 8.75. The van der Waals surface area contributed by atoms with Gasteiger partial charge in [0.25, 0.3) is 0 Å². The van der Waals surface area contributed by atoms with Crippen molar-refractivity contribution in [2.75, 3.05) is 13.2 Å². The molecule has 0 spiro atoms. The van der Waals surface area contributed by atoms with Gasteiger partial charge in [0.05, 0.1) is 19.5 Å². The fourth-order valence-corrected chi connectivity index (χ4v) is 1.84. The second kappa shape index (κ2) is 6.17. The van der Waals surface area contributed by atoms with Gasteiger partial charge in [0.1, 0.15) is 0 Å². The van der Waals surface area contributed by atoms with Crippen molar-refractivity contribution in [1.29, 1.82) is 0 Å². The number of hydrogen-bond donors (Lipinski definition) is 0. The minimum absolute atomic E-state index is 0.185. The maximum absolute atomic E-state index is 10.7. The number of esters is 1. The molecule has 0 amide bonds. The molecule has 0 aromatic heterocycles. The van der Waals surface area contributed by atoms with Gasteiger partial charge in [-0.1, -0.05) is 36.4 Å². The minimum Gasteiger partial charge on any atom is -0.435 e. The van der Waals surface area contributed by atoms with Crippen molar-refractivity contribution >= 4 is 12.0 Å². The summed E-state index contributed by atoms with van der Waals surface area (Å²) < 4.78 is 10.2. The Balaban J connectivity index is 2.06. The molecular formula is C15H16O3. The average molecular weight is 244 g/mol. The Hall–Kier alpha value is -1.87. The van der Waals surface area contributed by atoms with Gasteiger partial charge in [-0.25, -0.2) is 0 Å². The van der Waals surface area contributed by atoms with Crippen molar-refractivity contribution in [3.63, 3.8) is 0 Å². The van der Waals surface area contributed by atoms with E-state index in [2.05, 4.69) is 18.2 Å². The van der Waals surface area contributed by atoms with E-state index >= 15 is 0 Å². The molecule has 1 aliphatic rings. The van der Waals surface area contributed by atoms with Gasteiger partial charge in [-0.15, -0.1) is 0 Å². The largest absolute Gasteiger partial charge is 0.435 e. The molecule has 1 aromatic rings. The van der Waals surface area contributed by atoms with Crippen molar-refractivity contribution in [3.8, 4) is 0 Å². The molecule has 0 aliphatic carbocycles. The highest BCUT2D eigenvalue weighted by Gasteiger charge is 2.19. The van der Waals surface area contributed by atoms with Gasteiger partial charge in [0.2, 0.25) is 0 Å². The number of benzene rings is 1. The lowest BCUT2D eigenvalue weighted by Crippen LogP contribution is -1.99. The van der Waals surface area contributed by atoms with Crippen molar-refractivity contribution < 1.29 is 14.3 Å². The smallest absolute Gasteiger partial charge is 0.307 e. The molecule has 94 valence electrons. The summed E-state index contributed by atoms with van der Waals surface area (Å²) in [6.07, 6.45) is 5.43. The maximum Gasteiger partial charge on any atom is 0.307 e. The zero-order valence-corrected chi connectivity index (χ0v) is 10.3. The number of ether oxygens (including phenoxy) is 2. The lowest BCUT2D eigenvalue weighted by atomic mass is 10.0. The van der Waals surface area contributed by atoms with Crippen LogP contribution in [0.15, 0.2) is 48.2 Å². The van der Waals surface area contributed by atoms with Crippen LogP contribution in [-0.2, 0) is 14.3 Å². The Labute approximate surface area is 107 Å². The van der Waals surface area contributed by atoms with Crippen molar-refractivity contribution in [1.82, 2.24) is 0 Å². The van der Waals surface area contributed by atoms with Gasteiger partial charge in [0.15, 0.2) is 0 Å². The zero-order chi connectivity index (χ0) is 12.8. The van der Waals surface area contributed by atoms with Crippen LogP contribution >= 0.6 is 0 Å². The van der Waals surface area contributed by atoms with E-state index in [1.807, 2.05) is 24.3 Å². The maximum atomic E-state index is 10.7. The van der Waals surface area contributed by atoms with Crippen LogP contribution in [0.1, 0.15) is 12.5 Å². The summed E-state index contributed by atoms with van der Waals surface area (Å²) in [4.78, 5) is 10.7. The second-order valence-corrected chi connectivity index (χ2v) is 4.19. The van der Waals surface area contributed by atoms with Crippen LogP contribution in [0, 0.1) is 5.92 Å². The van der Waals surface area contributed by atoms with Crippen LogP contribution in [0.3, 0.4) is 0 Å². The molecular weight excluding hydrogens is 228 g/mol. The van der Waals surface area contributed by atoms with E-state index in [1.165, 1.54) is 18.8 Å². The summed E-state index contributed by atoms with van der Waals surface area (Å²) >= 11 is 0. The Morgan fingerprint density at radius 3 is 2.89 bits per heavy atom. The van der Waals surface area contributed by atoms with E-state index < -0.39 is 0 Å². The Kier molecular flexibility index (Phi) is 4.31. The highest BCUT2D eigenvalue weighted by Crippen LogP contribution is 2.23. The molecule has 3 nitrogen and oxygen atoms in total. The average Bonchev–Trinajstić information content (AvgIpc) is 2.78. The second-order valence-electron chi connectivity index (χ2n) is 4.19. The summed E-state index contributed by atoms with van der Waals surface area (Å²) in [5.74, 6) is -0.122. The third-order valence-electron chi connectivity index (χ3n) is 2.74. The molecule has 1 heterocycles. The first-order valence-electron chi connectivity index (χ1n) is 5.93. The summed E-state index contributed by atoms with van der Waals surface area (Å²) in [6, 6.07) is 10.1. The predicted molar refractivity (Wildman–Crippen MR) is 69.6 cm³/mol. The van der Waals surface area contributed by atoms with Crippen molar-refractivity contribution in [3.05, 3.63) is 53.8 Å². The van der Waals surface area contributed by atoms with Crippen LogP contribution in [0.25, 0.3) is 6.08 Å². The zero-order valence-electron chi connectivity index (χ0n) is 10.3. The number of hydrogen-bond acceptors (Lipinski definition) is 3. The molecule has 0 radical (unpaired) electrons. The Morgan fingerprint density at radius 2 is 2.17 bits per heavy atom. The van der Waals surface area contributed by atoms with E-state index in [0.29, 0.717) is 13.2 Å². The van der Waals surface area contributed by atoms with Crippen LogP contribution < -0.4 is 0 Å². The Bertz CT molecular complexity index is 460. The predicted octanol–water partition coefficient (Wildman–Crippen LogP) is 2.79. The summed E-state index contributed by atoms with van der Waals surface area (Å²) in [6.45, 7) is 2.65. The lowest BCUT2D eigenvalue weighted by molar-refractivity contribution is -0.135. The van der Waals surface area contributed by atoms with Gasteiger partial charge in [-0.2, -0.15) is 0 Å². The minimum atomic E-state index is -0.307. The van der Waals surface area contributed by atoms with Gasteiger partial charge in [0, 0.05) is 12.8 Å². The normalized spacial score (nSPS) is 21.6. The highest BCUT2D eigenvalue weighted by atomic mass is 16.5. The molecule has 3 heteroatoms. The SMILES string of the molecule is CC(=O)O/C=C/C1COC/C1=C\c1ccccc1. The molecule has 1 fully saturated rings. The van der Waals surface area contributed by atoms with E-state index in [1.54, 1.807) is 0 Å². The van der Waals surface area contributed by atoms with Crippen LogP contribution in [0.5, 0.6) is 0 Å². The van der Waals surface area contributed by atoms with E-state index in [0.717, 1.165) is 5.56 Å². The molecule has 0 N–H and O–H groups in total. The van der Waals surface area contributed by atoms with E-state index in [4.69, 9.17) is 9.47 Å². The topological polar surface area (TPSA) is 35.5 Å². The molecule has 0 saturated carbocycles. The van der Waals surface area contributed by atoms with Gasteiger partial charge >= 0.3 is 5.97 Å². The van der Waals surface area contributed by atoms with Gasteiger partial charge in [-0.3, -0.25) is 4.79 Å². The molecule has 1 unspecified atom stereocenters. The standard InChI is InChI=1S/C15H16O3/c1-12(16)18-8-7-14-10-17-11-15(14)9-13-5-3-2-4-6-13/h2-9,14H,10-11H2,1H3/b8-7+,15-9+. The summed E-state index contributed by atoms with van der Waals surface area (Å²) in [5, 5.41) is 0. The first-order valence-corrected chi connectivity index (χ1v) is 5.93. The van der Waals surface area contributed by atoms with Gasteiger partial charge in [-0.05, 0) is 17.2 Å². The van der Waals surface area contributed by atoms with E-state index in [9.17, 15) is 4.79 Å². The summed E-state index contributed by atoms with van der Waals surface area (Å²) in [7, 11) is 0. The first kappa shape index (κ1) is 12.6. The monoisotopic (exact) mass is 244 g/mol. The highest BCUT2D eigenvalue weighted by molar-refractivity contribution is 5.66. The molecule has 1 aromatic carbocycles. The fourth-order valence-electron chi connectivity index (χ4n) is 1.84. The lowest BCUT2D eigenvalue weighted by Gasteiger charge is -2.04. The van der Waals surface area contributed by atoms with Crippen LogP contribution in [-0.4, -0.2) is 19.2 Å². The number of rotatable bonds is 3. The van der Waals surface area contributed by atoms with Crippen LogP contribution in [0.4, 0.5) is 0 Å². The number of carbonyl (C=O) groups is 1. The third-order valence-corrected chi connectivity index (χ3v) is 2.74. The third kappa shape index (κ3) is 3.57. The molecule has 0 bridgehead atoms. The molecule has 1 saturated heterocycles. The fraction of sp³-hybridized carbons (Fsp3) is 0.267. The quantitative estimate of drug-likeness (QED) is 0.606. The van der Waals surface area contributed by atoms with Gasteiger partial charge < -0.3 is 9.47 Å².